The van der Waals surface area contributed by atoms with Crippen molar-refractivity contribution in [1.82, 2.24) is 0 Å². The molecule has 0 radical (unpaired) electrons. The third kappa shape index (κ3) is 4.61. The SMILES string of the molecule is CCCc1cc(S(=O)(=O)[O-])c2c(CCC)cccc2c1.[K+]. The Kier molecular flexibility index (Phi) is 7.53. The quantitative estimate of drug-likeness (QED) is 0.597. The van der Waals surface area contributed by atoms with Gasteiger partial charge in [-0.2, -0.15) is 0 Å². The molecule has 0 bridgehead atoms. The van der Waals surface area contributed by atoms with Crippen molar-refractivity contribution in [2.45, 2.75) is 44.4 Å². The van der Waals surface area contributed by atoms with Crippen LogP contribution in [0.3, 0.4) is 0 Å². The molecule has 0 heterocycles. The summed E-state index contributed by atoms with van der Waals surface area (Å²) >= 11 is 0. The summed E-state index contributed by atoms with van der Waals surface area (Å²) < 4.78 is 34.8. The normalized spacial score (nSPS) is 11.4. The maximum atomic E-state index is 11.6. The molecule has 0 saturated heterocycles. The summed E-state index contributed by atoms with van der Waals surface area (Å²) in [5.41, 5.74) is 1.84. The Balaban J connectivity index is 0.00000220. The molecule has 0 aromatic heterocycles. The van der Waals surface area contributed by atoms with Crippen LogP contribution >= 0.6 is 0 Å². The van der Waals surface area contributed by atoms with Crippen LogP contribution in [0.25, 0.3) is 10.8 Å². The summed E-state index contributed by atoms with van der Waals surface area (Å²) in [6, 6.07) is 9.24. The van der Waals surface area contributed by atoms with Gasteiger partial charge in [0, 0.05) is 5.39 Å². The zero-order chi connectivity index (χ0) is 14.8. The van der Waals surface area contributed by atoms with E-state index >= 15 is 0 Å². The summed E-state index contributed by atoms with van der Waals surface area (Å²) in [6.45, 7) is 4.07. The van der Waals surface area contributed by atoms with Crippen molar-refractivity contribution in [2.24, 2.45) is 0 Å². The molecule has 0 aliphatic rings. The zero-order valence-corrected chi connectivity index (χ0v) is 16.8. The second kappa shape index (κ2) is 8.20. The number of fused-ring (bicyclic) bond motifs is 1. The van der Waals surface area contributed by atoms with Crippen LogP contribution in [-0.4, -0.2) is 13.0 Å². The average molecular weight is 330 g/mol. The third-order valence-corrected chi connectivity index (χ3v) is 4.27. The van der Waals surface area contributed by atoms with E-state index in [-0.39, 0.29) is 56.3 Å². The number of hydrogen-bond acceptors (Lipinski definition) is 3. The Morgan fingerprint density at radius 1 is 1.05 bits per heavy atom. The van der Waals surface area contributed by atoms with Crippen molar-refractivity contribution >= 4 is 20.9 Å². The van der Waals surface area contributed by atoms with Crippen molar-refractivity contribution in [3.05, 3.63) is 41.5 Å². The van der Waals surface area contributed by atoms with Crippen LogP contribution in [0.1, 0.15) is 37.8 Å². The van der Waals surface area contributed by atoms with Crippen molar-refractivity contribution < 1.29 is 64.4 Å². The standard InChI is InChI=1S/C16H20O3S.K/c1-3-6-12-10-14-9-5-8-13(7-4-2)16(14)15(11-12)20(17,18)19;/h5,8-11H,3-4,6-7H2,1-2H3,(H,17,18,19);/q;+1/p-1. The Morgan fingerprint density at radius 3 is 2.29 bits per heavy atom. The molecule has 0 amide bonds. The van der Waals surface area contributed by atoms with Gasteiger partial charge in [0.2, 0.25) is 0 Å². The molecule has 108 valence electrons. The second-order valence-corrected chi connectivity index (χ2v) is 6.41. The fourth-order valence-corrected chi connectivity index (χ4v) is 3.43. The predicted molar refractivity (Wildman–Crippen MR) is 79.9 cm³/mol. The number of hydrogen-bond donors (Lipinski definition) is 0. The fraction of sp³-hybridized carbons (Fsp3) is 0.375. The van der Waals surface area contributed by atoms with Gasteiger partial charge in [-0.1, -0.05) is 51.0 Å². The van der Waals surface area contributed by atoms with Crippen LogP contribution in [0, 0.1) is 0 Å². The first-order chi connectivity index (χ1) is 9.47. The van der Waals surface area contributed by atoms with Crippen molar-refractivity contribution in [3.8, 4) is 0 Å². The molecule has 21 heavy (non-hydrogen) atoms. The molecular formula is C16H19KO3S. The third-order valence-electron chi connectivity index (χ3n) is 3.41. The van der Waals surface area contributed by atoms with Crippen LogP contribution < -0.4 is 51.4 Å². The molecular weight excluding hydrogens is 311 g/mol. The van der Waals surface area contributed by atoms with Crippen molar-refractivity contribution in [2.75, 3.05) is 0 Å². The molecule has 0 spiro atoms. The van der Waals surface area contributed by atoms with Crippen LogP contribution in [0.15, 0.2) is 35.2 Å². The van der Waals surface area contributed by atoms with Gasteiger partial charge in [-0.25, -0.2) is 8.42 Å². The topological polar surface area (TPSA) is 57.2 Å². The van der Waals surface area contributed by atoms with Crippen LogP contribution in [0.5, 0.6) is 0 Å². The van der Waals surface area contributed by atoms with Gasteiger partial charge in [-0.3, -0.25) is 0 Å². The Labute approximate surface area is 169 Å². The zero-order valence-electron chi connectivity index (χ0n) is 12.8. The molecule has 2 aromatic carbocycles. The van der Waals surface area contributed by atoms with Crippen LogP contribution in [-0.2, 0) is 23.0 Å². The van der Waals surface area contributed by atoms with E-state index in [1.807, 2.05) is 38.1 Å². The van der Waals surface area contributed by atoms with Crippen LogP contribution in [0.2, 0.25) is 0 Å². The second-order valence-electron chi connectivity index (χ2n) is 5.06. The molecule has 0 atom stereocenters. The Morgan fingerprint density at radius 2 is 1.71 bits per heavy atom. The van der Waals surface area contributed by atoms with E-state index in [4.69, 9.17) is 0 Å². The predicted octanol–water partition coefficient (Wildman–Crippen LogP) is 0.653. The van der Waals surface area contributed by atoms with Crippen molar-refractivity contribution in [3.63, 3.8) is 0 Å². The maximum absolute atomic E-state index is 11.6. The molecule has 0 N–H and O–H groups in total. The summed E-state index contributed by atoms with van der Waals surface area (Å²) in [7, 11) is -4.46. The van der Waals surface area contributed by atoms with Gasteiger partial charge in [0.1, 0.15) is 10.1 Å². The molecule has 0 aliphatic carbocycles. The van der Waals surface area contributed by atoms with Gasteiger partial charge in [0.05, 0.1) is 4.90 Å². The van der Waals surface area contributed by atoms with E-state index in [0.717, 1.165) is 42.2 Å². The monoisotopic (exact) mass is 330 g/mol. The number of benzene rings is 2. The number of rotatable bonds is 5. The Bertz CT molecular complexity index is 724. The molecule has 3 nitrogen and oxygen atoms in total. The van der Waals surface area contributed by atoms with E-state index in [9.17, 15) is 13.0 Å². The first-order valence-electron chi connectivity index (χ1n) is 6.97. The first kappa shape index (κ1) is 19.3. The minimum atomic E-state index is -4.46. The van der Waals surface area contributed by atoms with Gasteiger partial charge < -0.3 is 4.55 Å². The summed E-state index contributed by atoms with van der Waals surface area (Å²) in [5.74, 6) is 0. The maximum Gasteiger partial charge on any atom is 1.00 e. The van der Waals surface area contributed by atoms with Gasteiger partial charge in [-0.15, -0.1) is 0 Å². The average Bonchev–Trinajstić information content (AvgIpc) is 2.37. The summed E-state index contributed by atoms with van der Waals surface area (Å²) in [6.07, 6.45) is 3.37. The number of aryl methyl sites for hydroxylation is 2. The van der Waals surface area contributed by atoms with E-state index < -0.39 is 10.1 Å². The van der Waals surface area contributed by atoms with Gasteiger partial charge >= 0.3 is 51.4 Å². The molecule has 0 unspecified atom stereocenters. The van der Waals surface area contributed by atoms with Crippen LogP contribution in [0.4, 0.5) is 0 Å². The van der Waals surface area contributed by atoms with Gasteiger partial charge in [-0.05, 0) is 35.4 Å². The van der Waals surface area contributed by atoms with E-state index in [0.29, 0.717) is 5.39 Å². The molecule has 2 aromatic rings. The summed E-state index contributed by atoms with van der Waals surface area (Å²) in [5, 5.41) is 1.44. The van der Waals surface area contributed by atoms with Crippen molar-refractivity contribution in [1.29, 1.82) is 0 Å². The molecule has 2 rings (SSSR count). The molecule has 0 saturated carbocycles. The first-order valence-corrected chi connectivity index (χ1v) is 8.38. The molecule has 5 heteroatoms. The fourth-order valence-electron chi connectivity index (χ4n) is 2.63. The van der Waals surface area contributed by atoms with Gasteiger partial charge in [0.25, 0.3) is 0 Å². The minimum absolute atomic E-state index is 0. The molecule has 0 aliphatic heterocycles. The van der Waals surface area contributed by atoms with Gasteiger partial charge in [0.15, 0.2) is 0 Å². The molecule has 0 fully saturated rings. The van der Waals surface area contributed by atoms with E-state index in [1.54, 1.807) is 6.07 Å². The largest absolute Gasteiger partial charge is 1.00 e. The Hall–Kier alpha value is 0.246. The van der Waals surface area contributed by atoms with E-state index in [1.165, 1.54) is 0 Å². The minimum Gasteiger partial charge on any atom is -0.744 e. The van der Waals surface area contributed by atoms with E-state index in [2.05, 4.69) is 0 Å². The smallest absolute Gasteiger partial charge is 0.744 e. The summed E-state index contributed by atoms with van der Waals surface area (Å²) in [4.78, 5) is -0.0671.